The van der Waals surface area contributed by atoms with Gasteiger partial charge in [-0.2, -0.15) is 5.10 Å². The monoisotopic (exact) mass is 405 g/mol. The average Bonchev–Trinajstić information content (AvgIpc) is 2.81. The lowest BCUT2D eigenvalue weighted by molar-refractivity contribution is -0.116. The van der Waals surface area contributed by atoms with Crippen LogP contribution in [0.4, 0.5) is 0 Å². The van der Waals surface area contributed by atoms with Crippen LogP contribution in [-0.2, 0) is 4.79 Å². The SMILES string of the molecule is CCOc1cc(/C=N\N=C2/NC(=O)CS2)cc(I)c1O. The lowest BCUT2D eigenvalue weighted by Gasteiger charge is -2.08. The molecule has 1 aliphatic heterocycles. The van der Waals surface area contributed by atoms with E-state index in [1.54, 1.807) is 18.3 Å². The first-order valence-corrected chi connectivity index (χ1v) is 7.85. The summed E-state index contributed by atoms with van der Waals surface area (Å²) in [6, 6.07) is 3.45. The van der Waals surface area contributed by atoms with Crippen molar-refractivity contribution in [3.63, 3.8) is 0 Å². The fourth-order valence-corrected chi connectivity index (χ4v) is 2.72. The maximum Gasteiger partial charge on any atom is 0.236 e. The van der Waals surface area contributed by atoms with Gasteiger partial charge in [0.1, 0.15) is 0 Å². The molecule has 1 amide bonds. The van der Waals surface area contributed by atoms with Crippen LogP contribution >= 0.6 is 34.4 Å². The highest BCUT2D eigenvalue weighted by Gasteiger charge is 2.16. The predicted octanol–water partition coefficient (Wildman–Crippen LogP) is 1.95. The number of amidine groups is 1. The Bertz CT molecular complexity index is 590. The van der Waals surface area contributed by atoms with E-state index in [0.717, 1.165) is 5.56 Å². The number of carbonyl (C=O) groups excluding carboxylic acids is 1. The molecule has 1 aliphatic rings. The summed E-state index contributed by atoms with van der Waals surface area (Å²) in [6.45, 7) is 2.31. The standard InChI is InChI=1S/C12H12IN3O3S/c1-2-19-9-4-7(3-8(13)11(9)18)5-14-16-12-15-10(17)6-20-12/h3-5,18H,2,6H2,1H3,(H,15,16,17)/b14-5-. The minimum absolute atomic E-state index is 0.0678. The van der Waals surface area contributed by atoms with Gasteiger partial charge in [-0.1, -0.05) is 11.8 Å². The van der Waals surface area contributed by atoms with E-state index >= 15 is 0 Å². The number of nitrogens with one attached hydrogen (secondary N) is 1. The Morgan fingerprint density at radius 2 is 2.40 bits per heavy atom. The van der Waals surface area contributed by atoms with Gasteiger partial charge < -0.3 is 15.2 Å². The van der Waals surface area contributed by atoms with Gasteiger partial charge in [-0.05, 0) is 47.2 Å². The van der Waals surface area contributed by atoms with Gasteiger partial charge in [0.25, 0.3) is 0 Å². The molecule has 0 aromatic heterocycles. The first kappa shape index (κ1) is 15.1. The van der Waals surface area contributed by atoms with Crippen molar-refractivity contribution in [2.75, 3.05) is 12.4 Å². The summed E-state index contributed by atoms with van der Waals surface area (Å²) in [5, 5.41) is 20.7. The number of ether oxygens (including phenoxy) is 1. The lowest BCUT2D eigenvalue weighted by Crippen LogP contribution is -2.19. The Labute approximate surface area is 133 Å². The minimum atomic E-state index is -0.0678. The molecule has 1 fully saturated rings. The van der Waals surface area contributed by atoms with Gasteiger partial charge in [0.2, 0.25) is 5.91 Å². The highest BCUT2D eigenvalue weighted by molar-refractivity contribution is 14.1. The van der Waals surface area contributed by atoms with Crippen LogP contribution in [0.5, 0.6) is 11.5 Å². The Balaban J connectivity index is 2.15. The molecular weight excluding hydrogens is 393 g/mol. The lowest BCUT2D eigenvalue weighted by atomic mass is 10.2. The van der Waals surface area contributed by atoms with E-state index in [1.165, 1.54) is 11.8 Å². The average molecular weight is 405 g/mol. The van der Waals surface area contributed by atoms with Crippen LogP contribution in [0.2, 0.25) is 0 Å². The molecule has 0 aliphatic carbocycles. The van der Waals surface area contributed by atoms with Crippen LogP contribution in [0, 0.1) is 3.57 Å². The molecule has 2 N–H and O–H groups in total. The van der Waals surface area contributed by atoms with Crippen molar-refractivity contribution >= 4 is 51.6 Å². The van der Waals surface area contributed by atoms with E-state index in [0.29, 0.717) is 26.8 Å². The van der Waals surface area contributed by atoms with E-state index in [9.17, 15) is 9.90 Å². The molecule has 2 rings (SSSR count). The van der Waals surface area contributed by atoms with Gasteiger partial charge >= 0.3 is 0 Å². The number of rotatable bonds is 4. The van der Waals surface area contributed by atoms with Crippen LogP contribution in [0.3, 0.4) is 0 Å². The maximum absolute atomic E-state index is 11.0. The number of hydrogen-bond donors (Lipinski definition) is 2. The summed E-state index contributed by atoms with van der Waals surface area (Å²) >= 11 is 3.33. The molecule has 20 heavy (non-hydrogen) atoms. The first-order valence-electron chi connectivity index (χ1n) is 5.79. The number of thioether (sulfide) groups is 1. The van der Waals surface area contributed by atoms with E-state index in [-0.39, 0.29) is 11.7 Å². The molecule has 0 saturated carbocycles. The van der Waals surface area contributed by atoms with Crippen molar-refractivity contribution in [2.24, 2.45) is 10.2 Å². The van der Waals surface area contributed by atoms with Gasteiger partial charge in [0.05, 0.1) is 22.1 Å². The molecule has 0 spiro atoms. The number of phenolic OH excluding ortho intramolecular Hbond substituents is 1. The molecular formula is C12H12IN3O3S. The second-order valence-electron chi connectivity index (χ2n) is 3.77. The number of carbonyl (C=O) groups is 1. The summed E-state index contributed by atoms with van der Waals surface area (Å²) in [4.78, 5) is 11.0. The van der Waals surface area contributed by atoms with Crippen molar-refractivity contribution in [3.05, 3.63) is 21.3 Å². The Morgan fingerprint density at radius 3 is 3.05 bits per heavy atom. The molecule has 1 heterocycles. The van der Waals surface area contributed by atoms with E-state index < -0.39 is 0 Å². The van der Waals surface area contributed by atoms with Crippen LogP contribution in [0.1, 0.15) is 12.5 Å². The highest BCUT2D eigenvalue weighted by atomic mass is 127. The molecule has 0 radical (unpaired) electrons. The molecule has 6 nitrogen and oxygen atoms in total. The van der Waals surface area contributed by atoms with Crippen LogP contribution in [0.25, 0.3) is 0 Å². The fourth-order valence-electron chi connectivity index (χ4n) is 1.46. The molecule has 106 valence electrons. The third-order valence-electron chi connectivity index (χ3n) is 2.29. The van der Waals surface area contributed by atoms with Crippen LogP contribution in [-0.4, -0.2) is 34.8 Å². The Morgan fingerprint density at radius 1 is 1.60 bits per heavy atom. The van der Waals surface area contributed by atoms with Crippen molar-refractivity contribution in [1.82, 2.24) is 5.32 Å². The van der Waals surface area contributed by atoms with Crippen molar-refractivity contribution in [3.8, 4) is 11.5 Å². The first-order chi connectivity index (χ1) is 9.60. The quantitative estimate of drug-likeness (QED) is 0.456. The van der Waals surface area contributed by atoms with Crippen molar-refractivity contribution in [1.29, 1.82) is 0 Å². The summed E-state index contributed by atoms with van der Waals surface area (Å²) in [5.41, 5.74) is 0.759. The predicted molar refractivity (Wildman–Crippen MR) is 87.6 cm³/mol. The second-order valence-corrected chi connectivity index (χ2v) is 5.90. The fraction of sp³-hybridized carbons (Fsp3) is 0.250. The number of aromatic hydroxyl groups is 1. The van der Waals surface area contributed by atoms with E-state index in [2.05, 4.69) is 15.5 Å². The van der Waals surface area contributed by atoms with Gasteiger partial charge in [-0.3, -0.25) is 4.79 Å². The van der Waals surface area contributed by atoms with Crippen molar-refractivity contribution < 1.29 is 14.6 Å². The topological polar surface area (TPSA) is 83.3 Å². The van der Waals surface area contributed by atoms with Crippen molar-refractivity contribution in [2.45, 2.75) is 6.92 Å². The van der Waals surface area contributed by atoms with E-state index in [4.69, 9.17) is 4.74 Å². The number of phenols is 1. The minimum Gasteiger partial charge on any atom is -0.504 e. The Kier molecular flexibility index (Phi) is 5.24. The molecule has 8 heteroatoms. The smallest absolute Gasteiger partial charge is 0.236 e. The van der Waals surface area contributed by atoms with Crippen LogP contribution in [0.15, 0.2) is 22.3 Å². The molecule has 1 aromatic rings. The normalized spacial score (nSPS) is 16.9. The number of hydrogen-bond acceptors (Lipinski definition) is 6. The molecule has 0 bridgehead atoms. The summed E-state index contributed by atoms with van der Waals surface area (Å²) in [7, 11) is 0. The zero-order valence-corrected chi connectivity index (χ0v) is 13.6. The Hall–Kier alpha value is -1.29. The zero-order valence-electron chi connectivity index (χ0n) is 10.6. The summed E-state index contributed by atoms with van der Waals surface area (Å²) < 4.78 is 6.01. The van der Waals surface area contributed by atoms with Gasteiger partial charge in [0.15, 0.2) is 16.7 Å². The van der Waals surface area contributed by atoms with Gasteiger partial charge in [-0.25, -0.2) is 0 Å². The van der Waals surface area contributed by atoms with E-state index in [1.807, 2.05) is 29.5 Å². The summed E-state index contributed by atoms with van der Waals surface area (Å²) in [5.74, 6) is 0.841. The summed E-state index contributed by atoms with van der Waals surface area (Å²) in [6.07, 6.45) is 1.54. The number of nitrogens with zero attached hydrogens (tertiary/aromatic N) is 2. The maximum atomic E-state index is 11.0. The van der Waals surface area contributed by atoms with Gasteiger partial charge in [-0.15, -0.1) is 5.10 Å². The third-order valence-corrected chi connectivity index (χ3v) is 3.98. The zero-order chi connectivity index (χ0) is 14.5. The molecule has 1 saturated heterocycles. The number of halogens is 1. The molecule has 0 unspecified atom stereocenters. The highest BCUT2D eigenvalue weighted by Crippen LogP contribution is 2.32. The second kappa shape index (κ2) is 6.93. The third kappa shape index (κ3) is 3.85. The molecule has 1 aromatic carbocycles. The van der Waals surface area contributed by atoms with Gasteiger partial charge in [0, 0.05) is 0 Å². The van der Waals surface area contributed by atoms with Crippen LogP contribution < -0.4 is 10.1 Å². The molecule has 0 atom stereocenters. The largest absolute Gasteiger partial charge is 0.504 e. The number of amides is 1. The number of benzene rings is 1.